The molecule has 2 aliphatic heterocycles. The van der Waals surface area contributed by atoms with E-state index in [1.54, 1.807) is 29.8 Å². The molecule has 2 heterocycles. The van der Waals surface area contributed by atoms with Crippen molar-refractivity contribution in [2.75, 3.05) is 27.2 Å². The fourth-order valence-electron chi connectivity index (χ4n) is 2.92. The number of carbonyl (C=O) groups is 2. The average Bonchev–Trinajstić information content (AvgIpc) is 2.97. The number of urea groups is 1. The summed E-state index contributed by atoms with van der Waals surface area (Å²) in [6.07, 6.45) is 0. The topological polar surface area (TPSA) is 94.0 Å². The number of halogens is 2. The number of nitrogens with two attached hydrogens (primary N) is 1. The van der Waals surface area contributed by atoms with E-state index in [-0.39, 0.29) is 5.91 Å². The number of imide groups is 1. The van der Waals surface area contributed by atoms with Crippen LogP contribution in [-0.4, -0.2) is 71.3 Å². The third-order valence-electron chi connectivity index (χ3n) is 4.31. The number of fused-ring (bicyclic) bond motifs is 1. The Balaban J connectivity index is 2.01. The number of aliphatic imine (C=N–C) groups is 1. The van der Waals surface area contributed by atoms with E-state index in [2.05, 4.69) is 10.3 Å². The van der Waals surface area contributed by atoms with Crippen molar-refractivity contribution in [1.29, 1.82) is 0 Å². The number of rotatable bonds is 4. The van der Waals surface area contributed by atoms with Gasteiger partial charge in [-0.3, -0.25) is 19.9 Å². The second kappa shape index (κ2) is 7.22. The summed E-state index contributed by atoms with van der Waals surface area (Å²) in [6, 6.07) is 4.05. The van der Waals surface area contributed by atoms with Gasteiger partial charge in [0.25, 0.3) is 5.91 Å². The summed E-state index contributed by atoms with van der Waals surface area (Å²) in [5, 5.41) is 4.13. The fourth-order valence-corrected chi connectivity index (χ4v) is 3.39. The number of hydrogen-bond acceptors (Lipinski definition) is 5. The molecule has 1 unspecified atom stereocenters. The second-order valence-corrected chi connectivity index (χ2v) is 6.86. The number of nitrogens with zero attached hydrogens (tertiary/aromatic N) is 4. The summed E-state index contributed by atoms with van der Waals surface area (Å²) in [5.74, 6) is 0.508. The first-order valence-corrected chi connectivity index (χ1v) is 8.76. The van der Waals surface area contributed by atoms with Gasteiger partial charge in [-0.15, -0.1) is 0 Å². The molecule has 0 bridgehead atoms. The maximum Gasteiger partial charge on any atom is 0.390 e. The summed E-state index contributed by atoms with van der Waals surface area (Å²) in [6.45, 7) is 1.20. The van der Waals surface area contributed by atoms with Gasteiger partial charge in [0.1, 0.15) is 0 Å². The highest BCUT2D eigenvalue weighted by Gasteiger charge is 2.51. The molecule has 0 radical (unpaired) electrons. The molecule has 1 atom stereocenters. The average molecular weight is 398 g/mol. The smallest absolute Gasteiger partial charge is 0.328 e. The van der Waals surface area contributed by atoms with Crippen LogP contribution in [0.4, 0.5) is 4.79 Å². The molecule has 8 nitrogen and oxygen atoms in total. The third-order valence-corrected chi connectivity index (χ3v) is 4.90. The van der Waals surface area contributed by atoms with Crippen molar-refractivity contribution < 1.29 is 14.2 Å². The van der Waals surface area contributed by atoms with Crippen molar-refractivity contribution in [3.05, 3.63) is 33.8 Å². The Morgan fingerprint density at radius 1 is 1.27 bits per heavy atom. The summed E-state index contributed by atoms with van der Waals surface area (Å²) in [4.78, 5) is 31.9. The molecule has 0 aromatic heterocycles. The van der Waals surface area contributed by atoms with Crippen molar-refractivity contribution in [2.45, 2.75) is 12.6 Å². The lowest BCUT2D eigenvalue weighted by Crippen LogP contribution is -2.61. The van der Waals surface area contributed by atoms with E-state index < -0.39 is 12.1 Å². The molecule has 0 saturated carbocycles. The molecule has 3 amide bonds. The summed E-state index contributed by atoms with van der Waals surface area (Å²) >= 11 is 12.3. The minimum atomic E-state index is -0.713. The molecule has 10 heteroatoms. The molecule has 26 heavy (non-hydrogen) atoms. The first kappa shape index (κ1) is 18.6. The lowest BCUT2D eigenvalue weighted by molar-refractivity contribution is -0.552. The van der Waals surface area contributed by atoms with Crippen molar-refractivity contribution in [1.82, 2.24) is 15.1 Å². The molecule has 1 saturated heterocycles. The molecule has 0 spiro atoms. The normalized spacial score (nSPS) is 19.9. The van der Waals surface area contributed by atoms with Gasteiger partial charge in [0, 0.05) is 36.2 Å². The zero-order valence-corrected chi connectivity index (χ0v) is 15.9. The van der Waals surface area contributed by atoms with E-state index in [1.165, 1.54) is 11.9 Å². The van der Waals surface area contributed by atoms with Gasteiger partial charge in [-0.2, -0.15) is 0 Å². The van der Waals surface area contributed by atoms with Crippen LogP contribution >= 0.6 is 23.2 Å². The fraction of sp³-hybridized carbons (Fsp3) is 0.375. The van der Waals surface area contributed by atoms with E-state index >= 15 is 0 Å². The van der Waals surface area contributed by atoms with E-state index in [0.717, 1.165) is 10.5 Å². The first-order valence-electron chi connectivity index (χ1n) is 8.00. The number of amidine groups is 1. The van der Waals surface area contributed by atoms with Gasteiger partial charge in [-0.1, -0.05) is 34.3 Å². The summed E-state index contributed by atoms with van der Waals surface area (Å²) < 4.78 is 1.78. The minimum absolute atomic E-state index is 0.322. The van der Waals surface area contributed by atoms with Crippen LogP contribution in [0.1, 0.15) is 5.56 Å². The zero-order valence-electron chi connectivity index (χ0n) is 14.4. The Labute approximate surface area is 160 Å². The van der Waals surface area contributed by atoms with Crippen LogP contribution in [0.15, 0.2) is 23.2 Å². The van der Waals surface area contributed by atoms with Gasteiger partial charge in [0.15, 0.2) is 0 Å². The predicted molar refractivity (Wildman–Crippen MR) is 99.6 cm³/mol. The minimum Gasteiger partial charge on any atom is -0.328 e. The van der Waals surface area contributed by atoms with Crippen molar-refractivity contribution in [3.8, 4) is 0 Å². The van der Waals surface area contributed by atoms with E-state index in [1.807, 2.05) is 0 Å². The third kappa shape index (κ3) is 3.15. The predicted octanol–water partition coefficient (Wildman–Crippen LogP) is 0.715. The van der Waals surface area contributed by atoms with Crippen LogP contribution in [0.2, 0.25) is 10.0 Å². The Morgan fingerprint density at radius 3 is 2.65 bits per heavy atom. The van der Waals surface area contributed by atoms with Crippen LogP contribution in [0, 0.1) is 0 Å². The molecule has 2 aliphatic rings. The number of guanidine groups is 1. The highest BCUT2D eigenvalue weighted by atomic mass is 35.5. The van der Waals surface area contributed by atoms with Gasteiger partial charge in [-0.25, -0.2) is 9.37 Å². The summed E-state index contributed by atoms with van der Waals surface area (Å²) in [5.41, 5.74) is 6.36. The number of benzene rings is 1. The standard InChI is InChI=1S/C16H18Cl2N6O2/c1-22-13-12(14(25)23(2)16(22)26)24(15(21-13)20-6-5-19)8-9-3-4-10(17)7-11(9)18/h3-4,7,12H,5-6,8,19H2,1-2H3/p+1. The number of amides is 3. The largest absolute Gasteiger partial charge is 0.390 e. The lowest BCUT2D eigenvalue weighted by Gasteiger charge is -2.31. The number of likely N-dealkylation sites (N-methyl/N-ethyl adjacent to an activating group) is 2. The molecular weight excluding hydrogens is 379 g/mol. The number of nitrogens with one attached hydrogen (secondary N) is 1. The maximum atomic E-state index is 12.8. The molecule has 138 valence electrons. The first-order chi connectivity index (χ1) is 12.3. The van der Waals surface area contributed by atoms with Gasteiger partial charge in [0.2, 0.25) is 11.9 Å². The summed E-state index contributed by atoms with van der Waals surface area (Å²) in [7, 11) is 3.05. The molecule has 1 aromatic rings. The van der Waals surface area contributed by atoms with Crippen LogP contribution in [0.3, 0.4) is 0 Å². The second-order valence-electron chi connectivity index (χ2n) is 6.01. The van der Waals surface area contributed by atoms with Crippen molar-refractivity contribution >= 4 is 46.9 Å². The highest BCUT2D eigenvalue weighted by molar-refractivity contribution is 6.35. The van der Waals surface area contributed by atoms with Crippen molar-refractivity contribution in [2.24, 2.45) is 10.7 Å². The maximum absolute atomic E-state index is 12.8. The lowest BCUT2D eigenvalue weighted by atomic mass is 10.1. The van der Waals surface area contributed by atoms with Crippen LogP contribution in [0.25, 0.3) is 0 Å². The van der Waals surface area contributed by atoms with E-state index in [4.69, 9.17) is 28.9 Å². The zero-order chi connectivity index (χ0) is 19.0. The molecular formula is C16H19Cl2N6O2+. The van der Waals surface area contributed by atoms with Crippen LogP contribution < -0.4 is 11.1 Å². The van der Waals surface area contributed by atoms with E-state index in [9.17, 15) is 9.59 Å². The van der Waals surface area contributed by atoms with Crippen LogP contribution in [-0.2, 0) is 11.3 Å². The monoisotopic (exact) mass is 397 g/mol. The van der Waals surface area contributed by atoms with Gasteiger partial charge >= 0.3 is 12.0 Å². The molecule has 1 fully saturated rings. The van der Waals surface area contributed by atoms with Crippen LogP contribution in [0.5, 0.6) is 0 Å². The van der Waals surface area contributed by atoms with Gasteiger partial charge in [-0.05, 0) is 12.1 Å². The van der Waals surface area contributed by atoms with Crippen molar-refractivity contribution in [3.63, 3.8) is 0 Å². The Hall–Kier alpha value is -2.16. The van der Waals surface area contributed by atoms with Gasteiger partial charge in [0.05, 0.1) is 13.1 Å². The Morgan fingerprint density at radius 2 is 2.00 bits per heavy atom. The number of hydrogen-bond donors (Lipinski definition) is 2. The quantitative estimate of drug-likeness (QED) is 0.731. The van der Waals surface area contributed by atoms with E-state index in [0.29, 0.717) is 41.5 Å². The molecule has 3 rings (SSSR count). The van der Waals surface area contributed by atoms with Gasteiger partial charge < -0.3 is 5.73 Å². The molecule has 0 aliphatic carbocycles. The molecule has 3 N–H and O–H groups in total. The number of carbonyl (C=O) groups excluding carboxylic acids is 2. The Bertz CT molecular complexity index is 838. The molecule has 1 aromatic carbocycles. The SMILES string of the molecule is CN1C(=O)C2C(=NC(NCCN)=[N+]2Cc2ccc(Cl)cc2Cl)N(C)C1=O. The Kier molecular flexibility index (Phi) is 5.17. The highest BCUT2D eigenvalue weighted by Crippen LogP contribution is 2.25.